The maximum atomic E-state index is 12.0. The summed E-state index contributed by atoms with van der Waals surface area (Å²) in [7, 11) is 0. The zero-order valence-corrected chi connectivity index (χ0v) is 11.0. The third-order valence-electron chi connectivity index (χ3n) is 3.54. The van der Waals surface area contributed by atoms with Crippen molar-refractivity contribution in [3.05, 3.63) is 35.9 Å². The van der Waals surface area contributed by atoms with Crippen LogP contribution in [0.2, 0.25) is 0 Å². The molecule has 0 spiro atoms. The van der Waals surface area contributed by atoms with Crippen LogP contribution in [0.1, 0.15) is 31.7 Å². The molecule has 1 aliphatic rings. The molecule has 0 saturated carbocycles. The molecule has 18 heavy (non-hydrogen) atoms. The fourth-order valence-corrected chi connectivity index (χ4v) is 2.41. The Balaban J connectivity index is 1.87. The monoisotopic (exact) mass is 246 g/mol. The number of hydrogen-bond donors (Lipinski definition) is 2. The molecule has 2 unspecified atom stereocenters. The van der Waals surface area contributed by atoms with Gasteiger partial charge in [0.05, 0.1) is 6.04 Å². The summed E-state index contributed by atoms with van der Waals surface area (Å²) < 4.78 is 0. The molecule has 2 rings (SSSR count). The van der Waals surface area contributed by atoms with E-state index in [0.29, 0.717) is 0 Å². The second-order valence-electron chi connectivity index (χ2n) is 4.95. The minimum atomic E-state index is 0.0230. The molecule has 2 N–H and O–H groups in total. The molecule has 1 aromatic rings. The number of amides is 1. The molecule has 1 saturated heterocycles. The molecular weight excluding hydrogens is 224 g/mol. The lowest BCUT2D eigenvalue weighted by atomic mass is 10.0. The first kappa shape index (κ1) is 13.1. The third kappa shape index (κ3) is 3.57. The van der Waals surface area contributed by atoms with Gasteiger partial charge >= 0.3 is 0 Å². The van der Waals surface area contributed by atoms with Gasteiger partial charge in [-0.1, -0.05) is 37.3 Å². The van der Waals surface area contributed by atoms with Crippen LogP contribution in [0, 0.1) is 0 Å². The van der Waals surface area contributed by atoms with E-state index in [-0.39, 0.29) is 18.0 Å². The van der Waals surface area contributed by atoms with Gasteiger partial charge in [0.25, 0.3) is 0 Å². The van der Waals surface area contributed by atoms with Crippen molar-refractivity contribution < 1.29 is 4.79 Å². The minimum absolute atomic E-state index is 0.0230. The number of carbonyl (C=O) groups excluding carboxylic acids is 1. The molecule has 1 aromatic carbocycles. The van der Waals surface area contributed by atoms with Gasteiger partial charge in [0.2, 0.25) is 5.91 Å². The quantitative estimate of drug-likeness (QED) is 0.833. The fraction of sp³-hybridized carbons (Fsp3) is 0.533. The van der Waals surface area contributed by atoms with E-state index in [9.17, 15) is 4.79 Å². The van der Waals surface area contributed by atoms with E-state index in [0.717, 1.165) is 32.2 Å². The van der Waals surface area contributed by atoms with E-state index in [2.05, 4.69) is 29.7 Å². The molecule has 1 fully saturated rings. The van der Waals surface area contributed by atoms with Gasteiger partial charge in [-0.05, 0) is 37.8 Å². The van der Waals surface area contributed by atoms with Crippen molar-refractivity contribution in [3.63, 3.8) is 0 Å². The van der Waals surface area contributed by atoms with Crippen LogP contribution in [0.5, 0.6) is 0 Å². The SMILES string of the molecule is CCC(Cc1ccccc1)NC(=O)C1CCCN1. The van der Waals surface area contributed by atoms with Crippen LogP contribution in [-0.2, 0) is 11.2 Å². The second kappa shape index (κ2) is 6.55. The maximum Gasteiger partial charge on any atom is 0.237 e. The molecule has 3 nitrogen and oxygen atoms in total. The summed E-state index contributed by atoms with van der Waals surface area (Å²) in [6.07, 6.45) is 3.95. The average Bonchev–Trinajstić information content (AvgIpc) is 2.93. The lowest BCUT2D eigenvalue weighted by molar-refractivity contribution is -0.123. The number of hydrogen-bond acceptors (Lipinski definition) is 2. The van der Waals surface area contributed by atoms with Crippen molar-refractivity contribution in [2.75, 3.05) is 6.54 Å². The first-order valence-electron chi connectivity index (χ1n) is 6.87. The fourth-order valence-electron chi connectivity index (χ4n) is 2.41. The summed E-state index contributed by atoms with van der Waals surface area (Å²) in [6, 6.07) is 10.6. The van der Waals surface area contributed by atoms with E-state index in [4.69, 9.17) is 0 Å². The van der Waals surface area contributed by atoms with Crippen molar-refractivity contribution in [1.82, 2.24) is 10.6 Å². The van der Waals surface area contributed by atoms with Crippen molar-refractivity contribution in [1.29, 1.82) is 0 Å². The van der Waals surface area contributed by atoms with E-state index in [1.165, 1.54) is 5.56 Å². The standard InChI is InChI=1S/C15H22N2O/c1-2-13(11-12-7-4-3-5-8-12)17-15(18)14-9-6-10-16-14/h3-5,7-8,13-14,16H,2,6,9-11H2,1H3,(H,17,18). The van der Waals surface area contributed by atoms with Crippen LogP contribution in [0.3, 0.4) is 0 Å². The summed E-state index contributed by atoms with van der Waals surface area (Å²) >= 11 is 0. The van der Waals surface area contributed by atoms with Gasteiger partial charge in [0, 0.05) is 6.04 Å². The Morgan fingerprint density at radius 3 is 2.83 bits per heavy atom. The average molecular weight is 246 g/mol. The molecule has 0 bridgehead atoms. The molecular formula is C15H22N2O. The highest BCUT2D eigenvalue weighted by Gasteiger charge is 2.23. The molecule has 0 radical (unpaired) electrons. The molecule has 2 atom stereocenters. The van der Waals surface area contributed by atoms with Gasteiger partial charge in [-0.15, -0.1) is 0 Å². The van der Waals surface area contributed by atoms with Crippen LogP contribution < -0.4 is 10.6 Å². The van der Waals surface area contributed by atoms with E-state index < -0.39 is 0 Å². The minimum Gasteiger partial charge on any atom is -0.352 e. The first-order valence-corrected chi connectivity index (χ1v) is 6.87. The van der Waals surface area contributed by atoms with E-state index in [1.54, 1.807) is 0 Å². The number of benzene rings is 1. The molecule has 1 heterocycles. The molecule has 3 heteroatoms. The second-order valence-corrected chi connectivity index (χ2v) is 4.95. The maximum absolute atomic E-state index is 12.0. The predicted molar refractivity (Wildman–Crippen MR) is 73.4 cm³/mol. The van der Waals surface area contributed by atoms with Gasteiger partial charge < -0.3 is 10.6 Å². The van der Waals surface area contributed by atoms with Crippen LogP contribution in [0.15, 0.2) is 30.3 Å². The predicted octanol–water partition coefficient (Wildman–Crippen LogP) is 1.88. The highest BCUT2D eigenvalue weighted by molar-refractivity contribution is 5.82. The van der Waals surface area contributed by atoms with Crippen molar-refractivity contribution in [2.24, 2.45) is 0 Å². The Labute approximate surface area is 109 Å². The first-order chi connectivity index (χ1) is 8.79. The van der Waals surface area contributed by atoms with Crippen molar-refractivity contribution >= 4 is 5.91 Å². The Morgan fingerprint density at radius 1 is 1.44 bits per heavy atom. The van der Waals surface area contributed by atoms with Crippen LogP contribution in [0.25, 0.3) is 0 Å². The van der Waals surface area contributed by atoms with Crippen LogP contribution in [-0.4, -0.2) is 24.5 Å². The summed E-state index contributed by atoms with van der Waals surface area (Å²) in [4.78, 5) is 12.0. The summed E-state index contributed by atoms with van der Waals surface area (Å²) in [5.41, 5.74) is 1.28. The van der Waals surface area contributed by atoms with Crippen LogP contribution in [0.4, 0.5) is 0 Å². The largest absolute Gasteiger partial charge is 0.352 e. The summed E-state index contributed by atoms with van der Waals surface area (Å²) in [5.74, 6) is 0.162. The molecule has 0 aromatic heterocycles. The van der Waals surface area contributed by atoms with Gasteiger partial charge in [-0.25, -0.2) is 0 Å². The Bertz CT molecular complexity index is 371. The van der Waals surface area contributed by atoms with Gasteiger partial charge in [0.15, 0.2) is 0 Å². The number of nitrogens with one attached hydrogen (secondary N) is 2. The lowest BCUT2D eigenvalue weighted by Crippen LogP contribution is -2.45. The molecule has 1 aliphatic heterocycles. The normalized spacial score (nSPS) is 20.6. The topological polar surface area (TPSA) is 41.1 Å². The Hall–Kier alpha value is -1.35. The van der Waals surface area contributed by atoms with Gasteiger partial charge in [0.1, 0.15) is 0 Å². The molecule has 98 valence electrons. The number of carbonyl (C=O) groups is 1. The zero-order chi connectivity index (χ0) is 12.8. The molecule has 1 amide bonds. The Kier molecular flexibility index (Phi) is 4.76. The van der Waals surface area contributed by atoms with Crippen LogP contribution >= 0.6 is 0 Å². The van der Waals surface area contributed by atoms with Gasteiger partial charge in [-0.3, -0.25) is 4.79 Å². The highest BCUT2D eigenvalue weighted by Crippen LogP contribution is 2.08. The zero-order valence-electron chi connectivity index (χ0n) is 11.0. The van der Waals surface area contributed by atoms with E-state index in [1.807, 2.05) is 18.2 Å². The third-order valence-corrected chi connectivity index (χ3v) is 3.54. The smallest absolute Gasteiger partial charge is 0.237 e. The molecule has 0 aliphatic carbocycles. The highest BCUT2D eigenvalue weighted by atomic mass is 16.2. The number of rotatable bonds is 5. The lowest BCUT2D eigenvalue weighted by Gasteiger charge is -2.19. The summed E-state index contributed by atoms with van der Waals surface area (Å²) in [5, 5.41) is 6.39. The van der Waals surface area contributed by atoms with E-state index >= 15 is 0 Å². The Morgan fingerprint density at radius 2 is 2.22 bits per heavy atom. The van der Waals surface area contributed by atoms with Crippen molar-refractivity contribution in [3.8, 4) is 0 Å². The van der Waals surface area contributed by atoms with Crippen molar-refractivity contribution in [2.45, 2.75) is 44.7 Å². The van der Waals surface area contributed by atoms with Gasteiger partial charge in [-0.2, -0.15) is 0 Å². The summed E-state index contributed by atoms with van der Waals surface area (Å²) in [6.45, 7) is 3.09.